The number of aryl methyl sites for hydroxylation is 1. The van der Waals surface area contributed by atoms with E-state index in [0.29, 0.717) is 11.7 Å². The average Bonchev–Trinajstić information content (AvgIpc) is 2.87. The topological polar surface area (TPSA) is 87.6 Å². The molecule has 1 heterocycles. The predicted octanol–water partition coefficient (Wildman–Crippen LogP) is 5.71. The Balaban J connectivity index is 1.66. The summed E-state index contributed by atoms with van der Waals surface area (Å²) in [6.45, 7) is 7.59. The number of aliphatic hydroxyl groups is 1. The van der Waals surface area contributed by atoms with Gasteiger partial charge in [0.15, 0.2) is 0 Å². The summed E-state index contributed by atoms with van der Waals surface area (Å²) in [5.74, 6) is 2.95. The van der Waals surface area contributed by atoms with E-state index in [4.69, 9.17) is 14.7 Å². The molecule has 0 bridgehead atoms. The number of nitrogens with one attached hydrogen (secondary N) is 1. The number of methoxy groups -OCH3 is 1. The number of amides is 1. The van der Waals surface area contributed by atoms with Crippen LogP contribution in [-0.2, 0) is 10.4 Å². The summed E-state index contributed by atoms with van der Waals surface area (Å²) >= 11 is 0. The molecule has 1 atom stereocenters. The number of hydrogen-bond donors (Lipinski definition) is 2. The van der Waals surface area contributed by atoms with Crippen molar-refractivity contribution in [2.75, 3.05) is 26.5 Å². The molecular formula is C30H40N4O3. The maximum atomic E-state index is 12.5. The highest BCUT2D eigenvalue weighted by molar-refractivity contribution is 5.91. The Bertz CT molecular complexity index is 1270. The summed E-state index contributed by atoms with van der Waals surface area (Å²) in [7, 11) is 5.37. The Labute approximate surface area is 220 Å². The van der Waals surface area contributed by atoms with Crippen LogP contribution in [0.5, 0.6) is 5.75 Å². The summed E-state index contributed by atoms with van der Waals surface area (Å²) in [6, 6.07) is 12.2. The molecule has 1 amide bonds. The zero-order valence-corrected chi connectivity index (χ0v) is 23.1. The van der Waals surface area contributed by atoms with E-state index in [1.54, 1.807) is 25.9 Å². The molecule has 0 radical (unpaired) electrons. The molecule has 7 heteroatoms. The lowest BCUT2D eigenvalue weighted by atomic mass is 9.77. The maximum Gasteiger partial charge on any atom is 0.225 e. The highest BCUT2D eigenvalue weighted by Crippen LogP contribution is 2.42. The first-order valence-corrected chi connectivity index (χ1v) is 13.1. The van der Waals surface area contributed by atoms with Crippen LogP contribution in [-0.4, -0.2) is 47.1 Å². The van der Waals surface area contributed by atoms with Gasteiger partial charge in [0.1, 0.15) is 17.4 Å². The van der Waals surface area contributed by atoms with Crippen molar-refractivity contribution in [2.24, 2.45) is 5.92 Å². The number of benzene rings is 2. The lowest BCUT2D eigenvalue weighted by Gasteiger charge is -2.30. The van der Waals surface area contributed by atoms with Crippen LogP contribution in [0.2, 0.25) is 0 Å². The lowest BCUT2D eigenvalue weighted by molar-refractivity contribution is -0.134. The molecule has 1 aromatic heterocycles. The van der Waals surface area contributed by atoms with Crippen LogP contribution < -0.4 is 10.1 Å². The Morgan fingerprint density at radius 2 is 1.84 bits per heavy atom. The zero-order valence-electron chi connectivity index (χ0n) is 23.1. The molecule has 3 aromatic rings. The number of nitrogens with zero attached hydrogens (tertiary/aromatic N) is 3. The zero-order chi connectivity index (χ0) is 26.9. The molecule has 2 aromatic carbocycles. The van der Waals surface area contributed by atoms with E-state index < -0.39 is 5.60 Å². The molecule has 198 valence electrons. The third-order valence-corrected chi connectivity index (χ3v) is 7.56. The van der Waals surface area contributed by atoms with Crippen LogP contribution in [0.4, 0.5) is 5.82 Å². The van der Waals surface area contributed by atoms with E-state index in [9.17, 15) is 9.90 Å². The third kappa shape index (κ3) is 5.87. The van der Waals surface area contributed by atoms with Gasteiger partial charge in [0.05, 0.1) is 18.2 Å². The van der Waals surface area contributed by atoms with Gasteiger partial charge in [-0.15, -0.1) is 0 Å². The van der Waals surface area contributed by atoms with Gasteiger partial charge in [-0.3, -0.25) is 4.79 Å². The molecule has 0 aliphatic heterocycles. The molecule has 0 saturated heterocycles. The van der Waals surface area contributed by atoms with Crippen molar-refractivity contribution >= 4 is 22.6 Å². The predicted molar refractivity (Wildman–Crippen MR) is 148 cm³/mol. The minimum atomic E-state index is -0.907. The van der Waals surface area contributed by atoms with E-state index in [1.165, 1.54) is 0 Å². The highest BCUT2D eigenvalue weighted by atomic mass is 16.5. The standard InChI is InChI=1S/C30H40N4O3/c1-18(22-9-8-10-23(15-22)30(3,4)36)31-28-25-16-24(27(37-7)17-26(25)32-19(2)33-28)20-11-13-21(14-12-20)29(35)34(5)6/h8-10,15-18,20-21,36H,11-14H2,1-7H3,(H,31,32,33)/t18-,20-,21-/m1/s1. The van der Waals surface area contributed by atoms with Gasteiger partial charge in [-0.1, -0.05) is 24.3 Å². The fraction of sp³-hybridized carbons (Fsp3) is 0.500. The smallest absolute Gasteiger partial charge is 0.225 e. The van der Waals surface area contributed by atoms with Gasteiger partial charge in [-0.05, 0) is 82.1 Å². The third-order valence-electron chi connectivity index (χ3n) is 7.56. The Hall–Kier alpha value is -3.19. The number of carbonyl (C=O) groups excluding carboxylic acids is 1. The van der Waals surface area contributed by atoms with Crippen molar-refractivity contribution in [3.63, 3.8) is 0 Å². The molecule has 37 heavy (non-hydrogen) atoms. The summed E-state index contributed by atoms with van der Waals surface area (Å²) in [5.41, 5.74) is 3.03. The molecule has 4 rings (SSSR count). The van der Waals surface area contributed by atoms with Gasteiger partial charge in [0.25, 0.3) is 0 Å². The molecule has 1 fully saturated rings. The van der Waals surface area contributed by atoms with Crippen LogP contribution in [0.3, 0.4) is 0 Å². The number of rotatable bonds is 7. The van der Waals surface area contributed by atoms with Gasteiger partial charge in [-0.2, -0.15) is 0 Å². The number of carbonyl (C=O) groups is 1. The molecule has 0 unspecified atom stereocenters. The number of hydrogen-bond acceptors (Lipinski definition) is 6. The molecule has 1 saturated carbocycles. The van der Waals surface area contributed by atoms with Gasteiger partial charge in [0, 0.05) is 37.5 Å². The molecular weight excluding hydrogens is 464 g/mol. The van der Waals surface area contributed by atoms with Gasteiger partial charge < -0.3 is 20.1 Å². The van der Waals surface area contributed by atoms with E-state index >= 15 is 0 Å². The Morgan fingerprint density at radius 3 is 2.46 bits per heavy atom. The minimum absolute atomic E-state index is 0.0298. The molecule has 2 N–H and O–H groups in total. The number of aromatic nitrogens is 2. The van der Waals surface area contributed by atoms with Crippen LogP contribution in [0, 0.1) is 12.8 Å². The average molecular weight is 505 g/mol. The quantitative estimate of drug-likeness (QED) is 0.429. The van der Waals surface area contributed by atoms with E-state index in [2.05, 4.69) is 24.4 Å². The van der Waals surface area contributed by atoms with Crippen molar-refractivity contribution < 1.29 is 14.6 Å². The van der Waals surface area contributed by atoms with E-state index in [-0.39, 0.29) is 17.9 Å². The number of fused-ring (bicyclic) bond motifs is 1. The van der Waals surface area contributed by atoms with Gasteiger partial charge in [-0.25, -0.2) is 9.97 Å². The van der Waals surface area contributed by atoms with Crippen LogP contribution in [0.15, 0.2) is 36.4 Å². The van der Waals surface area contributed by atoms with Crippen LogP contribution in [0.25, 0.3) is 10.9 Å². The molecule has 1 aliphatic carbocycles. The second-order valence-electron chi connectivity index (χ2n) is 11.1. The number of anilines is 1. The van der Waals surface area contributed by atoms with Gasteiger partial charge >= 0.3 is 0 Å². The molecule has 1 aliphatic rings. The van der Waals surface area contributed by atoms with Crippen molar-refractivity contribution in [2.45, 2.75) is 70.9 Å². The first-order valence-electron chi connectivity index (χ1n) is 13.1. The van der Waals surface area contributed by atoms with E-state index in [0.717, 1.165) is 64.8 Å². The van der Waals surface area contributed by atoms with E-state index in [1.807, 2.05) is 45.3 Å². The summed E-state index contributed by atoms with van der Waals surface area (Å²) in [6.07, 6.45) is 3.66. The normalized spacial score (nSPS) is 18.9. The second kappa shape index (κ2) is 10.7. The second-order valence-corrected chi connectivity index (χ2v) is 11.1. The summed E-state index contributed by atoms with van der Waals surface area (Å²) < 4.78 is 5.81. The van der Waals surface area contributed by atoms with Crippen LogP contribution >= 0.6 is 0 Å². The summed E-state index contributed by atoms with van der Waals surface area (Å²) in [4.78, 5) is 23.6. The van der Waals surface area contributed by atoms with Crippen molar-refractivity contribution in [1.29, 1.82) is 0 Å². The van der Waals surface area contributed by atoms with Gasteiger partial charge in [0.2, 0.25) is 5.91 Å². The minimum Gasteiger partial charge on any atom is -0.496 e. The lowest BCUT2D eigenvalue weighted by Crippen LogP contribution is -2.32. The highest BCUT2D eigenvalue weighted by Gasteiger charge is 2.30. The van der Waals surface area contributed by atoms with Crippen molar-refractivity contribution in [3.05, 3.63) is 58.9 Å². The monoisotopic (exact) mass is 504 g/mol. The Kier molecular flexibility index (Phi) is 7.74. The van der Waals surface area contributed by atoms with Crippen molar-refractivity contribution in [1.82, 2.24) is 14.9 Å². The summed E-state index contributed by atoms with van der Waals surface area (Å²) in [5, 5.41) is 15.0. The van der Waals surface area contributed by atoms with Crippen molar-refractivity contribution in [3.8, 4) is 5.75 Å². The first kappa shape index (κ1) is 26.9. The first-order chi connectivity index (χ1) is 17.5. The van der Waals surface area contributed by atoms with Crippen LogP contribution in [0.1, 0.15) is 80.9 Å². The fourth-order valence-corrected chi connectivity index (χ4v) is 5.39. The molecule has 0 spiro atoms. The number of ether oxygens (including phenoxy) is 1. The maximum absolute atomic E-state index is 12.5. The Morgan fingerprint density at radius 1 is 1.14 bits per heavy atom. The molecule has 7 nitrogen and oxygen atoms in total. The SMILES string of the molecule is COc1cc2nc(C)nc(N[C@H](C)c3cccc(C(C)(C)O)c3)c2cc1[C@H]1CC[C@H](C(=O)N(C)C)CC1. The fourth-order valence-electron chi connectivity index (χ4n) is 5.39. The largest absolute Gasteiger partial charge is 0.496 e.